The van der Waals surface area contributed by atoms with Gasteiger partial charge in [-0.2, -0.15) is 5.10 Å². The number of carboxylic acids is 1. The lowest BCUT2D eigenvalue weighted by Gasteiger charge is -2.32. The first-order chi connectivity index (χ1) is 17.4. The Morgan fingerprint density at radius 2 is 1.89 bits per heavy atom. The minimum Gasteiger partial charge on any atom is -0.476 e. The predicted octanol–water partition coefficient (Wildman–Crippen LogP) is 4.25. The molecule has 1 heterocycles. The molecule has 4 rings (SSSR count). The highest BCUT2D eigenvalue weighted by Gasteiger charge is 2.28. The van der Waals surface area contributed by atoms with Crippen LogP contribution in [0.3, 0.4) is 0 Å². The van der Waals surface area contributed by atoms with Crippen molar-refractivity contribution >= 4 is 11.9 Å². The number of carboxylic acid groups (broad SMARTS) is 1. The van der Waals surface area contributed by atoms with E-state index in [1.165, 1.54) is 10.7 Å². The number of aromatic carboxylic acids is 1. The number of hydrogen-bond donors (Lipinski definition) is 2. The largest absolute Gasteiger partial charge is 0.476 e. The second kappa shape index (κ2) is 11.8. The second-order valence-corrected chi connectivity index (χ2v) is 8.96. The molecule has 0 bridgehead atoms. The quantitative estimate of drug-likeness (QED) is 0.436. The number of rotatable bonds is 10. The van der Waals surface area contributed by atoms with E-state index in [2.05, 4.69) is 10.4 Å². The fourth-order valence-corrected chi connectivity index (χ4v) is 4.33. The molecule has 0 unspecified atom stereocenters. The molecule has 1 saturated carbocycles. The Labute approximate surface area is 209 Å². The third-order valence-corrected chi connectivity index (χ3v) is 6.26. The van der Waals surface area contributed by atoms with Crippen LogP contribution in [0.2, 0.25) is 0 Å². The van der Waals surface area contributed by atoms with Crippen molar-refractivity contribution in [2.75, 3.05) is 0 Å². The Kier molecular flexibility index (Phi) is 8.32. The third-order valence-electron chi connectivity index (χ3n) is 6.26. The number of nitrogens with one attached hydrogen (secondary N) is 1. The Morgan fingerprint density at radius 3 is 2.67 bits per heavy atom. The van der Waals surface area contributed by atoms with Gasteiger partial charge in [0.05, 0.1) is 18.8 Å². The monoisotopic (exact) mass is 495 g/mol. The summed E-state index contributed by atoms with van der Waals surface area (Å²) in [6, 6.07) is 15.9. The van der Waals surface area contributed by atoms with Crippen LogP contribution in [0.1, 0.15) is 52.9 Å². The van der Waals surface area contributed by atoms with E-state index in [0.29, 0.717) is 17.7 Å². The van der Waals surface area contributed by atoms with Crippen LogP contribution >= 0.6 is 0 Å². The molecule has 0 radical (unpaired) electrons. The van der Waals surface area contributed by atoms with Crippen molar-refractivity contribution in [1.29, 1.82) is 0 Å². The highest BCUT2D eigenvalue weighted by atomic mass is 19.1. The zero-order valence-corrected chi connectivity index (χ0v) is 20.2. The van der Waals surface area contributed by atoms with Crippen molar-refractivity contribution in [3.63, 3.8) is 0 Å². The highest BCUT2D eigenvalue weighted by Crippen LogP contribution is 2.23. The topological polar surface area (TPSA) is 103 Å². The van der Waals surface area contributed by atoms with Crippen molar-refractivity contribution in [2.45, 2.75) is 64.5 Å². The average Bonchev–Trinajstić information content (AvgIpc) is 3.28. The molecule has 1 aromatic heterocycles. The molecule has 0 aliphatic heterocycles. The highest BCUT2D eigenvalue weighted by molar-refractivity contribution is 5.85. The van der Waals surface area contributed by atoms with Gasteiger partial charge in [-0.3, -0.25) is 4.79 Å². The van der Waals surface area contributed by atoms with Gasteiger partial charge >= 0.3 is 5.97 Å². The van der Waals surface area contributed by atoms with E-state index < -0.39 is 11.8 Å². The van der Waals surface area contributed by atoms with Gasteiger partial charge in [-0.25, -0.2) is 13.9 Å². The lowest BCUT2D eigenvalue weighted by Crippen LogP contribution is -2.47. The molecule has 1 amide bonds. The summed E-state index contributed by atoms with van der Waals surface area (Å²) in [5.74, 6) is -1.90. The van der Waals surface area contributed by atoms with Crippen LogP contribution in [-0.2, 0) is 29.3 Å². The summed E-state index contributed by atoms with van der Waals surface area (Å²) in [6.07, 6.45) is 3.53. The Bertz CT molecular complexity index is 1200. The number of hydrogen-bond acceptors (Lipinski definition) is 5. The van der Waals surface area contributed by atoms with Crippen LogP contribution in [-0.4, -0.2) is 38.9 Å². The normalized spacial score (nSPS) is 17.5. The van der Waals surface area contributed by atoms with E-state index in [0.717, 1.165) is 31.2 Å². The zero-order chi connectivity index (χ0) is 25.5. The summed E-state index contributed by atoms with van der Waals surface area (Å²) in [6.45, 7) is 1.75. The Hall–Kier alpha value is -3.72. The van der Waals surface area contributed by atoms with Gasteiger partial charge in [0, 0.05) is 11.6 Å². The number of carbonyl (C=O) groups excluding carboxylic acids is 1. The predicted molar refractivity (Wildman–Crippen MR) is 130 cm³/mol. The molecule has 9 heteroatoms. The van der Waals surface area contributed by atoms with Crippen LogP contribution in [0.25, 0.3) is 0 Å². The molecule has 0 spiro atoms. The zero-order valence-electron chi connectivity index (χ0n) is 20.2. The number of aromatic nitrogens is 2. The van der Waals surface area contributed by atoms with E-state index in [1.54, 1.807) is 25.1 Å². The summed E-state index contributed by atoms with van der Waals surface area (Å²) in [5, 5.41) is 16.4. The molecule has 190 valence electrons. The maximum Gasteiger partial charge on any atom is 0.356 e. The number of benzene rings is 2. The van der Waals surface area contributed by atoms with E-state index in [9.17, 15) is 19.1 Å². The second-order valence-electron chi connectivity index (χ2n) is 8.96. The van der Waals surface area contributed by atoms with Crippen molar-refractivity contribution < 1.29 is 28.6 Å². The molecule has 3 aromatic rings. The molecule has 2 aromatic carbocycles. The minimum absolute atomic E-state index is 0.0731. The van der Waals surface area contributed by atoms with Gasteiger partial charge in [-0.05, 0) is 30.9 Å². The van der Waals surface area contributed by atoms with E-state index >= 15 is 0 Å². The van der Waals surface area contributed by atoms with Gasteiger partial charge in [0.15, 0.2) is 5.69 Å². The first-order valence-corrected chi connectivity index (χ1v) is 12.0. The van der Waals surface area contributed by atoms with Crippen LogP contribution in [0.4, 0.5) is 4.39 Å². The fraction of sp³-hybridized carbons (Fsp3) is 0.370. The summed E-state index contributed by atoms with van der Waals surface area (Å²) < 4.78 is 27.3. The smallest absolute Gasteiger partial charge is 0.356 e. The van der Waals surface area contributed by atoms with Gasteiger partial charge in [0.1, 0.15) is 19.0 Å². The molecule has 8 nitrogen and oxygen atoms in total. The van der Waals surface area contributed by atoms with E-state index in [-0.39, 0.29) is 42.8 Å². The molecule has 2 N–H and O–H groups in total. The number of nitrogens with zero attached hydrogens (tertiary/aromatic N) is 2. The van der Waals surface area contributed by atoms with E-state index in [1.807, 2.05) is 30.3 Å². The van der Waals surface area contributed by atoms with Crippen molar-refractivity contribution in [3.8, 4) is 5.88 Å². The molecular weight excluding hydrogens is 465 g/mol. The first-order valence-electron chi connectivity index (χ1n) is 12.0. The van der Waals surface area contributed by atoms with Crippen LogP contribution < -0.4 is 10.1 Å². The van der Waals surface area contributed by atoms with E-state index in [4.69, 9.17) is 9.47 Å². The molecule has 2 atom stereocenters. The van der Waals surface area contributed by atoms with Gasteiger partial charge in [-0.15, -0.1) is 0 Å². The third kappa shape index (κ3) is 6.48. The molecular formula is C27H30FN3O5. The van der Waals surface area contributed by atoms with Crippen molar-refractivity contribution in [1.82, 2.24) is 15.1 Å². The molecule has 36 heavy (non-hydrogen) atoms. The number of amides is 1. The fourth-order valence-electron chi connectivity index (χ4n) is 4.33. The van der Waals surface area contributed by atoms with Crippen molar-refractivity contribution in [2.24, 2.45) is 0 Å². The van der Waals surface area contributed by atoms with Crippen LogP contribution in [0.15, 0.2) is 54.6 Å². The minimum atomic E-state index is -1.25. The number of halogens is 1. The summed E-state index contributed by atoms with van der Waals surface area (Å²) in [4.78, 5) is 24.4. The first kappa shape index (κ1) is 25.4. The Balaban J connectivity index is 1.40. The van der Waals surface area contributed by atoms with Crippen LogP contribution in [0.5, 0.6) is 5.88 Å². The number of ether oxygens (including phenoxy) is 2. The standard InChI is InChI=1S/C27H30FN3O5/c1-18-8-7-11-20(26(18)28)17-36-25-14-22(27(33)34)30-31(25)15-24(32)29-21-12-5-6-13-23(21)35-16-19-9-3-2-4-10-19/h2-4,7-11,14,21,23H,5-6,12-13,15-17H2,1H3,(H,29,32)(H,33,34)/t21-,23-/m0/s1. The molecule has 1 aliphatic carbocycles. The average molecular weight is 496 g/mol. The molecule has 0 saturated heterocycles. The maximum absolute atomic E-state index is 14.3. The summed E-state index contributed by atoms with van der Waals surface area (Å²) in [7, 11) is 0. The maximum atomic E-state index is 14.3. The number of aryl methyl sites for hydroxylation is 1. The van der Waals surface area contributed by atoms with Gasteiger partial charge in [0.2, 0.25) is 11.8 Å². The van der Waals surface area contributed by atoms with Gasteiger partial charge < -0.3 is 19.9 Å². The lowest BCUT2D eigenvalue weighted by atomic mass is 9.92. The number of carbonyl (C=O) groups is 2. The molecule has 1 aliphatic rings. The summed E-state index contributed by atoms with van der Waals surface area (Å²) >= 11 is 0. The SMILES string of the molecule is Cc1cccc(COc2cc(C(=O)O)nn2CC(=O)N[C@H]2CCCC[C@@H]2OCc2ccccc2)c1F. The van der Waals surface area contributed by atoms with Gasteiger partial charge in [0.25, 0.3) is 0 Å². The van der Waals surface area contributed by atoms with Crippen LogP contribution in [0, 0.1) is 12.7 Å². The Morgan fingerprint density at radius 1 is 1.11 bits per heavy atom. The molecule has 1 fully saturated rings. The lowest BCUT2D eigenvalue weighted by molar-refractivity contribution is -0.124. The van der Waals surface area contributed by atoms with Gasteiger partial charge in [-0.1, -0.05) is 61.4 Å². The summed E-state index contributed by atoms with van der Waals surface area (Å²) in [5.41, 5.74) is 1.61. The van der Waals surface area contributed by atoms with Crippen molar-refractivity contribution in [3.05, 3.63) is 82.8 Å².